The molecule has 1 amide bonds. The normalized spacial score (nSPS) is 25.7. The van der Waals surface area contributed by atoms with Gasteiger partial charge < -0.3 is 15.3 Å². The fourth-order valence-corrected chi connectivity index (χ4v) is 3.36. The first-order valence-corrected chi connectivity index (χ1v) is 7.87. The maximum absolute atomic E-state index is 12.5. The second kappa shape index (κ2) is 4.98. The van der Waals surface area contributed by atoms with E-state index in [1.807, 2.05) is 0 Å². The summed E-state index contributed by atoms with van der Waals surface area (Å²) in [5.41, 5.74) is 1.71. The summed E-state index contributed by atoms with van der Waals surface area (Å²) >= 11 is 0. The van der Waals surface area contributed by atoms with Crippen molar-refractivity contribution in [1.82, 2.24) is 20.2 Å². The van der Waals surface area contributed by atoms with Crippen LogP contribution in [0.3, 0.4) is 0 Å². The van der Waals surface area contributed by atoms with Crippen molar-refractivity contribution >= 4 is 16.9 Å². The Morgan fingerprint density at radius 2 is 2.00 bits per heavy atom. The van der Waals surface area contributed by atoms with Crippen LogP contribution in [-0.2, 0) is 0 Å². The summed E-state index contributed by atoms with van der Waals surface area (Å²) in [5, 5.41) is 3.15. The maximum Gasteiger partial charge on any atom is 0.323 e. The van der Waals surface area contributed by atoms with E-state index >= 15 is 0 Å². The number of amides is 1. The van der Waals surface area contributed by atoms with E-state index in [0.717, 1.165) is 24.6 Å². The van der Waals surface area contributed by atoms with E-state index in [4.69, 9.17) is 0 Å². The zero-order chi connectivity index (χ0) is 15.3. The number of rotatable bonds is 3. The molecule has 2 fully saturated rings. The van der Waals surface area contributed by atoms with Crippen LogP contribution in [0, 0.1) is 5.92 Å². The summed E-state index contributed by atoms with van der Waals surface area (Å²) in [6.45, 7) is 4.21. The SMILES string of the molecule is CC1CN(C2CC2)CC1NC(=O)c1ccc2[nH]c(=O)[nH]c2c1. The van der Waals surface area contributed by atoms with Gasteiger partial charge in [-0.05, 0) is 37.0 Å². The number of fused-ring (bicyclic) bond motifs is 1. The molecule has 2 atom stereocenters. The number of nitrogens with one attached hydrogen (secondary N) is 3. The van der Waals surface area contributed by atoms with Gasteiger partial charge in [0.2, 0.25) is 0 Å². The lowest BCUT2D eigenvalue weighted by Crippen LogP contribution is -2.40. The minimum Gasteiger partial charge on any atom is -0.348 e. The van der Waals surface area contributed by atoms with Gasteiger partial charge in [-0.15, -0.1) is 0 Å². The smallest absolute Gasteiger partial charge is 0.323 e. The van der Waals surface area contributed by atoms with Gasteiger partial charge in [0.15, 0.2) is 0 Å². The van der Waals surface area contributed by atoms with E-state index in [1.54, 1.807) is 18.2 Å². The molecule has 2 aliphatic rings. The summed E-state index contributed by atoms with van der Waals surface area (Å²) in [6.07, 6.45) is 2.59. The van der Waals surface area contributed by atoms with Gasteiger partial charge in [-0.25, -0.2) is 4.79 Å². The summed E-state index contributed by atoms with van der Waals surface area (Å²) < 4.78 is 0. The number of imidazole rings is 1. The minimum absolute atomic E-state index is 0.0709. The average Bonchev–Trinajstić information content (AvgIpc) is 3.17. The van der Waals surface area contributed by atoms with Gasteiger partial charge in [-0.3, -0.25) is 9.69 Å². The van der Waals surface area contributed by atoms with Crippen molar-refractivity contribution in [2.24, 2.45) is 5.92 Å². The number of carbonyl (C=O) groups excluding carboxylic acids is 1. The molecule has 3 N–H and O–H groups in total. The van der Waals surface area contributed by atoms with Crippen LogP contribution in [0.5, 0.6) is 0 Å². The monoisotopic (exact) mass is 300 g/mol. The molecule has 116 valence electrons. The third-order valence-electron chi connectivity index (χ3n) is 4.80. The number of carbonyl (C=O) groups is 1. The maximum atomic E-state index is 12.5. The third kappa shape index (κ3) is 2.43. The van der Waals surface area contributed by atoms with Gasteiger partial charge >= 0.3 is 5.69 Å². The van der Waals surface area contributed by atoms with Crippen molar-refractivity contribution in [1.29, 1.82) is 0 Å². The molecular formula is C16H20N4O2. The van der Waals surface area contributed by atoms with Gasteiger partial charge in [-0.1, -0.05) is 6.92 Å². The number of benzene rings is 1. The Morgan fingerprint density at radius 1 is 1.23 bits per heavy atom. The molecule has 2 unspecified atom stereocenters. The summed E-state index contributed by atoms with van der Waals surface area (Å²) in [5.74, 6) is 0.402. The first kappa shape index (κ1) is 13.6. The molecule has 1 aromatic carbocycles. The lowest BCUT2D eigenvalue weighted by atomic mass is 10.1. The minimum atomic E-state index is -0.253. The van der Waals surface area contributed by atoms with Crippen molar-refractivity contribution < 1.29 is 4.79 Å². The van der Waals surface area contributed by atoms with Crippen LogP contribution in [0.2, 0.25) is 0 Å². The highest BCUT2D eigenvalue weighted by Crippen LogP contribution is 2.31. The molecule has 4 rings (SSSR count). The van der Waals surface area contributed by atoms with Crippen LogP contribution in [0.25, 0.3) is 11.0 Å². The van der Waals surface area contributed by atoms with E-state index in [2.05, 4.69) is 27.1 Å². The zero-order valence-electron chi connectivity index (χ0n) is 12.6. The second-order valence-electron chi connectivity index (χ2n) is 6.58. The van der Waals surface area contributed by atoms with Crippen LogP contribution < -0.4 is 11.0 Å². The fourth-order valence-electron chi connectivity index (χ4n) is 3.36. The van der Waals surface area contributed by atoms with Crippen LogP contribution in [-0.4, -0.2) is 45.9 Å². The molecule has 1 saturated heterocycles. The Bertz CT molecular complexity index is 774. The van der Waals surface area contributed by atoms with Crippen molar-refractivity contribution in [2.45, 2.75) is 31.8 Å². The van der Waals surface area contributed by atoms with E-state index in [1.165, 1.54) is 12.8 Å². The molecule has 6 nitrogen and oxygen atoms in total. The second-order valence-corrected chi connectivity index (χ2v) is 6.58. The molecule has 0 bridgehead atoms. The number of hydrogen-bond acceptors (Lipinski definition) is 3. The molecule has 1 saturated carbocycles. The van der Waals surface area contributed by atoms with Gasteiger partial charge in [-0.2, -0.15) is 0 Å². The van der Waals surface area contributed by atoms with E-state index in [-0.39, 0.29) is 17.6 Å². The topological polar surface area (TPSA) is 81.0 Å². The van der Waals surface area contributed by atoms with Crippen molar-refractivity contribution in [3.05, 3.63) is 34.2 Å². The first-order chi connectivity index (χ1) is 10.6. The molecule has 1 aliphatic heterocycles. The third-order valence-corrected chi connectivity index (χ3v) is 4.80. The molecule has 2 aromatic rings. The van der Waals surface area contributed by atoms with Crippen molar-refractivity contribution in [3.63, 3.8) is 0 Å². The molecule has 0 spiro atoms. The van der Waals surface area contributed by atoms with Gasteiger partial charge in [0.1, 0.15) is 0 Å². The van der Waals surface area contributed by atoms with E-state index in [0.29, 0.717) is 17.0 Å². The standard InChI is InChI=1S/C16H20N4O2/c1-9-7-20(11-3-4-11)8-14(9)17-15(21)10-2-5-12-13(6-10)19-16(22)18-12/h2,5-6,9,11,14H,3-4,7-8H2,1H3,(H,17,21)(H2,18,19,22). The highest BCUT2D eigenvalue weighted by molar-refractivity contribution is 5.97. The molecule has 0 radical (unpaired) electrons. The van der Waals surface area contributed by atoms with Crippen LogP contribution in [0.1, 0.15) is 30.1 Å². The molecule has 22 heavy (non-hydrogen) atoms. The number of nitrogens with zero attached hydrogens (tertiary/aromatic N) is 1. The summed E-state index contributed by atoms with van der Waals surface area (Å²) in [7, 11) is 0. The predicted molar refractivity (Wildman–Crippen MR) is 83.9 cm³/mol. The molecule has 1 aromatic heterocycles. The molecule has 6 heteroatoms. The average molecular weight is 300 g/mol. The quantitative estimate of drug-likeness (QED) is 0.793. The van der Waals surface area contributed by atoms with Gasteiger partial charge in [0.05, 0.1) is 11.0 Å². The van der Waals surface area contributed by atoms with Gasteiger partial charge in [0, 0.05) is 30.7 Å². The molecule has 2 heterocycles. The predicted octanol–water partition coefficient (Wildman–Crippen LogP) is 1.07. The fraction of sp³-hybridized carbons (Fsp3) is 0.500. The Hall–Kier alpha value is -2.08. The highest BCUT2D eigenvalue weighted by Gasteiger charge is 2.38. The Labute approximate surface area is 127 Å². The van der Waals surface area contributed by atoms with Crippen molar-refractivity contribution in [2.75, 3.05) is 13.1 Å². The van der Waals surface area contributed by atoms with Crippen LogP contribution in [0.4, 0.5) is 0 Å². The summed E-state index contributed by atoms with van der Waals surface area (Å²) in [6, 6.07) is 6.18. The number of likely N-dealkylation sites (tertiary alicyclic amines) is 1. The number of aromatic amines is 2. The van der Waals surface area contributed by atoms with E-state index in [9.17, 15) is 9.59 Å². The first-order valence-electron chi connectivity index (χ1n) is 7.87. The van der Waals surface area contributed by atoms with E-state index < -0.39 is 0 Å². The number of aromatic nitrogens is 2. The Kier molecular flexibility index (Phi) is 3.07. The molecular weight excluding hydrogens is 280 g/mol. The molecule has 1 aliphatic carbocycles. The lowest BCUT2D eigenvalue weighted by molar-refractivity contribution is 0.0931. The highest BCUT2D eigenvalue weighted by atomic mass is 16.2. The zero-order valence-corrected chi connectivity index (χ0v) is 12.6. The number of H-pyrrole nitrogens is 2. The summed E-state index contributed by atoms with van der Waals surface area (Å²) in [4.78, 5) is 31.6. The lowest BCUT2D eigenvalue weighted by Gasteiger charge is -2.17. The van der Waals surface area contributed by atoms with Crippen molar-refractivity contribution in [3.8, 4) is 0 Å². The Balaban J connectivity index is 1.49. The largest absolute Gasteiger partial charge is 0.348 e. The van der Waals surface area contributed by atoms with Crippen LogP contribution in [0.15, 0.2) is 23.0 Å². The van der Waals surface area contributed by atoms with Gasteiger partial charge in [0.25, 0.3) is 5.91 Å². The van der Waals surface area contributed by atoms with Crippen LogP contribution >= 0.6 is 0 Å². The Morgan fingerprint density at radius 3 is 2.77 bits per heavy atom. The number of hydrogen-bond donors (Lipinski definition) is 3.